The SMILES string of the molecule is CC(c1ccccc1)n1cc(CCN)c2ccccc21. The van der Waals surface area contributed by atoms with Crippen molar-refractivity contribution in [3.63, 3.8) is 0 Å². The van der Waals surface area contributed by atoms with Gasteiger partial charge >= 0.3 is 0 Å². The highest BCUT2D eigenvalue weighted by atomic mass is 15.0. The van der Waals surface area contributed by atoms with Crippen molar-refractivity contribution >= 4 is 10.9 Å². The molecule has 1 heterocycles. The Morgan fingerprint density at radius 3 is 2.45 bits per heavy atom. The van der Waals surface area contributed by atoms with Crippen LogP contribution in [0, 0.1) is 0 Å². The first-order valence-corrected chi connectivity index (χ1v) is 7.14. The molecule has 0 amide bonds. The first-order chi connectivity index (χ1) is 9.81. The van der Waals surface area contributed by atoms with Crippen LogP contribution in [0.5, 0.6) is 0 Å². The number of hydrogen-bond acceptors (Lipinski definition) is 1. The first-order valence-electron chi connectivity index (χ1n) is 7.14. The maximum Gasteiger partial charge on any atom is 0.0557 e. The second kappa shape index (κ2) is 5.51. The summed E-state index contributed by atoms with van der Waals surface area (Å²) in [5.41, 5.74) is 9.69. The number of para-hydroxylation sites is 1. The Balaban J connectivity index is 2.12. The summed E-state index contributed by atoms with van der Waals surface area (Å²) in [6.45, 7) is 2.93. The summed E-state index contributed by atoms with van der Waals surface area (Å²) in [6, 6.07) is 19.5. The van der Waals surface area contributed by atoms with Gasteiger partial charge in [0.1, 0.15) is 0 Å². The predicted octanol–water partition coefficient (Wildman–Crippen LogP) is 3.75. The van der Waals surface area contributed by atoms with E-state index in [9.17, 15) is 0 Å². The van der Waals surface area contributed by atoms with E-state index in [4.69, 9.17) is 5.73 Å². The van der Waals surface area contributed by atoms with Gasteiger partial charge in [-0.3, -0.25) is 0 Å². The van der Waals surface area contributed by atoms with Crippen LogP contribution in [0.1, 0.15) is 24.1 Å². The van der Waals surface area contributed by atoms with Gasteiger partial charge in [-0.15, -0.1) is 0 Å². The maximum atomic E-state index is 5.74. The third-order valence-corrected chi connectivity index (χ3v) is 3.94. The molecule has 0 bridgehead atoms. The van der Waals surface area contributed by atoms with Crippen LogP contribution >= 0.6 is 0 Å². The van der Waals surface area contributed by atoms with Gasteiger partial charge in [0, 0.05) is 17.1 Å². The van der Waals surface area contributed by atoms with E-state index in [1.807, 2.05) is 0 Å². The van der Waals surface area contributed by atoms with Gasteiger partial charge in [0.25, 0.3) is 0 Å². The van der Waals surface area contributed by atoms with Crippen LogP contribution in [-0.4, -0.2) is 11.1 Å². The number of hydrogen-bond donors (Lipinski definition) is 1. The van der Waals surface area contributed by atoms with E-state index in [-0.39, 0.29) is 0 Å². The Hall–Kier alpha value is -2.06. The molecule has 1 atom stereocenters. The molecule has 0 aliphatic rings. The van der Waals surface area contributed by atoms with Crippen molar-refractivity contribution in [3.05, 3.63) is 71.9 Å². The monoisotopic (exact) mass is 264 g/mol. The number of fused-ring (bicyclic) bond motifs is 1. The highest BCUT2D eigenvalue weighted by molar-refractivity contribution is 5.84. The number of benzene rings is 2. The van der Waals surface area contributed by atoms with Crippen molar-refractivity contribution in [2.24, 2.45) is 5.73 Å². The molecular formula is C18H20N2. The van der Waals surface area contributed by atoms with E-state index >= 15 is 0 Å². The lowest BCUT2D eigenvalue weighted by Gasteiger charge is -2.15. The first kappa shape index (κ1) is 12.9. The summed E-state index contributed by atoms with van der Waals surface area (Å²) < 4.78 is 2.36. The van der Waals surface area contributed by atoms with Gasteiger partial charge in [-0.25, -0.2) is 0 Å². The van der Waals surface area contributed by atoms with Crippen LogP contribution in [0.2, 0.25) is 0 Å². The molecule has 1 aromatic heterocycles. The minimum atomic E-state index is 0.327. The van der Waals surface area contributed by atoms with Crippen molar-refractivity contribution in [1.82, 2.24) is 4.57 Å². The average molecular weight is 264 g/mol. The second-order valence-electron chi connectivity index (χ2n) is 5.20. The molecule has 3 rings (SSSR count). The Morgan fingerprint density at radius 1 is 1.00 bits per heavy atom. The second-order valence-corrected chi connectivity index (χ2v) is 5.20. The fourth-order valence-electron chi connectivity index (χ4n) is 2.84. The summed E-state index contributed by atoms with van der Waals surface area (Å²) >= 11 is 0. The third-order valence-electron chi connectivity index (χ3n) is 3.94. The molecule has 0 radical (unpaired) electrons. The van der Waals surface area contributed by atoms with Gasteiger partial charge in [0.2, 0.25) is 0 Å². The van der Waals surface area contributed by atoms with Gasteiger partial charge in [-0.1, -0.05) is 48.5 Å². The largest absolute Gasteiger partial charge is 0.340 e. The van der Waals surface area contributed by atoms with Crippen LogP contribution in [0.4, 0.5) is 0 Å². The van der Waals surface area contributed by atoms with Crippen LogP contribution in [0.3, 0.4) is 0 Å². The molecule has 0 saturated heterocycles. The zero-order chi connectivity index (χ0) is 13.9. The smallest absolute Gasteiger partial charge is 0.0557 e. The molecule has 3 aromatic rings. The number of rotatable bonds is 4. The molecule has 102 valence electrons. The Morgan fingerprint density at radius 2 is 1.70 bits per heavy atom. The molecule has 0 fully saturated rings. The highest BCUT2D eigenvalue weighted by Gasteiger charge is 2.13. The summed E-state index contributed by atoms with van der Waals surface area (Å²) in [4.78, 5) is 0. The van der Waals surface area contributed by atoms with Crippen LogP contribution in [-0.2, 0) is 6.42 Å². The summed E-state index contributed by atoms with van der Waals surface area (Å²) in [6.07, 6.45) is 3.18. The van der Waals surface area contributed by atoms with Crippen molar-refractivity contribution < 1.29 is 0 Å². The van der Waals surface area contributed by atoms with Crippen LogP contribution < -0.4 is 5.73 Å². The minimum Gasteiger partial charge on any atom is -0.340 e. The number of nitrogens with zero attached hydrogens (tertiary/aromatic N) is 1. The molecule has 20 heavy (non-hydrogen) atoms. The van der Waals surface area contributed by atoms with Crippen LogP contribution in [0.15, 0.2) is 60.8 Å². The molecule has 2 heteroatoms. The summed E-state index contributed by atoms with van der Waals surface area (Å²) in [5.74, 6) is 0. The van der Waals surface area contributed by atoms with E-state index in [0.717, 1.165) is 6.42 Å². The predicted molar refractivity (Wildman–Crippen MR) is 85.0 cm³/mol. The van der Waals surface area contributed by atoms with E-state index in [1.54, 1.807) is 0 Å². The summed E-state index contributed by atoms with van der Waals surface area (Å²) in [5, 5.41) is 1.32. The highest BCUT2D eigenvalue weighted by Crippen LogP contribution is 2.28. The lowest BCUT2D eigenvalue weighted by Crippen LogP contribution is -2.05. The number of nitrogens with two attached hydrogens (primary N) is 1. The Bertz CT molecular complexity index is 698. The van der Waals surface area contributed by atoms with E-state index in [2.05, 4.69) is 72.3 Å². The van der Waals surface area contributed by atoms with Crippen molar-refractivity contribution in [3.8, 4) is 0 Å². The fourth-order valence-corrected chi connectivity index (χ4v) is 2.84. The molecule has 0 spiro atoms. The zero-order valence-corrected chi connectivity index (χ0v) is 11.8. The molecule has 0 saturated carbocycles. The molecule has 2 N–H and O–H groups in total. The lowest BCUT2D eigenvalue weighted by atomic mass is 10.1. The minimum absolute atomic E-state index is 0.327. The van der Waals surface area contributed by atoms with Crippen molar-refractivity contribution in [2.75, 3.05) is 6.54 Å². The lowest BCUT2D eigenvalue weighted by molar-refractivity contribution is 0.661. The normalized spacial score (nSPS) is 12.7. The fraction of sp³-hybridized carbons (Fsp3) is 0.222. The molecule has 0 aliphatic carbocycles. The third kappa shape index (κ3) is 2.23. The number of aromatic nitrogens is 1. The van der Waals surface area contributed by atoms with Crippen molar-refractivity contribution in [1.29, 1.82) is 0 Å². The van der Waals surface area contributed by atoms with E-state index < -0.39 is 0 Å². The van der Waals surface area contributed by atoms with Gasteiger partial charge < -0.3 is 10.3 Å². The molecule has 2 aromatic carbocycles. The molecule has 0 aliphatic heterocycles. The van der Waals surface area contributed by atoms with Gasteiger partial charge in [0.15, 0.2) is 0 Å². The molecule has 2 nitrogen and oxygen atoms in total. The standard InChI is InChI=1S/C18H20N2/c1-14(15-7-3-2-4-8-15)20-13-16(11-12-19)17-9-5-6-10-18(17)20/h2-10,13-14H,11-12,19H2,1H3. The average Bonchev–Trinajstić information content (AvgIpc) is 2.87. The molecule has 1 unspecified atom stereocenters. The van der Waals surface area contributed by atoms with Gasteiger partial charge in [0.05, 0.1) is 6.04 Å². The summed E-state index contributed by atoms with van der Waals surface area (Å²) in [7, 11) is 0. The van der Waals surface area contributed by atoms with Crippen LogP contribution in [0.25, 0.3) is 10.9 Å². The van der Waals surface area contributed by atoms with Gasteiger partial charge in [-0.2, -0.15) is 0 Å². The van der Waals surface area contributed by atoms with E-state index in [0.29, 0.717) is 12.6 Å². The Labute approximate surface area is 119 Å². The Kier molecular flexibility index (Phi) is 3.57. The van der Waals surface area contributed by atoms with Crippen molar-refractivity contribution in [2.45, 2.75) is 19.4 Å². The van der Waals surface area contributed by atoms with E-state index in [1.165, 1.54) is 22.0 Å². The maximum absolute atomic E-state index is 5.74. The molecular weight excluding hydrogens is 244 g/mol. The zero-order valence-electron chi connectivity index (χ0n) is 11.8. The topological polar surface area (TPSA) is 30.9 Å². The quantitative estimate of drug-likeness (QED) is 0.764. The van der Waals surface area contributed by atoms with Gasteiger partial charge in [-0.05, 0) is 37.1 Å².